The summed E-state index contributed by atoms with van der Waals surface area (Å²) in [5, 5.41) is 28.3. The third kappa shape index (κ3) is 4.21. The highest BCUT2D eigenvalue weighted by Gasteiger charge is 2.38. The van der Waals surface area contributed by atoms with Crippen LogP contribution in [0.1, 0.15) is 33.1 Å². The molecule has 2 unspecified atom stereocenters. The van der Waals surface area contributed by atoms with Gasteiger partial charge in [0.25, 0.3) is 0 Å². The highest BCUT2D eigenvalue weighted by atomic mass is 16.3. The Hall–Kier alpha value is -0.160. The maximum Gasteiger partial charge on any atom is 0.0631 e. The topological polar surface area (TPSA) is 63.9 Å². The first-order valence-corrected chi connectivity index (χ1v) is 6.63. The average Bonchev–Trinajstić information content (AvgIpc) is 2.25. The zero-order chi connectivity index (χ0) is 12.9. The predicted molar refractivity (Wildman–Crippen MR) is 67.7 cm³/mol. The van der Waals surface area contributed by atoms with Crippen LogP contribution in [0, 0.1) is 11.3 Å². The first kappa shape index (κ1) is 14.9. The Kier molecular flexibility index (Phi) is 5.86. The van der Waals surface area contributed by atoms with E-state index in [-0.39, 0.29) is 30.7 Å². The molecule has 0 amide bonds. The number of aliphatic hydroxyl groups is 3. The molecule has 1 fully saturated rings. The van der Waals surface area contributed by atoms with Crippen molar-refractivity contribution in [3.63, 3.8) is 0 Å². The molecule has 0 aromatic rings. The van der Waals surface area contributed by atoms with Crippen LogP contribution in [0.5, 0.6) is 0 Å². The van der Waals surface area contributed by atoms with E-state index in [1.54, 1.807) is 0 Å². The molecule has 1 rings (SSSR count). The number of aliphatic hydroxyl groups excluding tert-OH is 3. The molecule has 1 saturated carbocycles. The second kappa shape index (κ2) is 6.69. The monoisotopic (exact) mass is 245 g/mol. The first-order valence-electron chi connectivity index (χ1n) is 6.63. The van der Waals surface area contributed by atoms with Crippen molar-refractivity contribution in [2.75, 3.05) is 32.8 Å². The summed E-state index contributed by atoms with van der Waals surface area (Å²) in [7, 11) is 0. The van der Waals surface area contributed by atoms with Crippen molar-refractivity contribution in [2.24, 2.45) is 11.3 Å². The molecule has 0 bridgehead atoms. The van der Waals surface area contributed by atoms with E-state index in [4.69, 9.17) is 10.2 Å². The summed E-state index contributed by atoms with van der Waals surface area (Å²) in [5.74, 6) is 0.261. The third-order valence-corrected chi connectivity index (χ3v) is 3.97. The third-order valence-electron chi connectivity index (χ3n) is 3.97. The molecule has 0 aliphatic heterocycles. The number of hydrogen-bond acceptors (Lipinski definition) is 4. The summed E-state index contributed by atoms with van der Waals surface area (Å²) in [6, 6.07) is 0. The van der Waals surface area contributed by atoms with Gasteiger partial charge in [0, 0.05) is 19.6 Å². The van der Waals surface area contributed by atoms with Crippen LogP contribution in [0.4, 0.5) is 0 Å². The van der Waals surface area contributed by atoms with Crippen LogP contribution >= 0.6 is 0 Å². The minimum absolute atomic E-state index is 0.00693. The quantitative estimate of drug-likeness (QED) is 0.636. The Balaban J connectivity index is 2.52. The molecule has 4 nitrogen and oxygen atoms in total. The molecule has 3 N–H and O–H groups in total. The second-order valence-corrected chi connectivity index (χ2v) is 5.83. The fourth-order valence-corrected chi connectivity index (χ4v) is 2.86. The molecule has 1 aliphatic rings. The summed E-state index contributed by atoms with van der Waals surface area (Å²) < 4.78 is 0. The Morgan fingerprint density at radius 1 is 1.18 bits per heavy atom. The van der Waals surface area contributed by atoms with Crippen molar-refractivity contribution in [1.82, 2.24) is 4.90 Å². The van der Waals surface area contributed by atoms with Crippen LogP contribution in [-0.2, 0) is 0 Å². The van der Waals surface area contributed by atoms with Crippen LogP contribution in [-0.4, -0.2) is 59.2 Å². The first-order chi connectivity index (χ1) is 8.01. The summed E-state index contributed by atoms with van der Waals surface area (Å²) in [4.78, 5) is 2.04. The predicted octanol–water partition coefficient (Wildman–Crippen LogP) is 0.460. The molecule has 0 heterocycles. The van der Waals surface area contributed by atoms with Crippen LogP contribution in [0.2, 0.25) is 0 Å². The second-order valence-electron chi connectivity index (χ2n) is 5.83. The van der Waals surface area contributed by atoms with Gasteiger partial charge in [-0.15, -0.1) is 0 Å². The molecule has 0 saturated heterocycles. The molecule has 17 heavy (non-hydrogen) atoms. The Bertz CT molecular complexity index is 215. The van der Waals surface area contributed by atoms with Gasteiger partial charge in [-0.25, -0.2) is 0 Å². The highest BCUT2D eigenvalue weighted by molar-refractivity contribution is 4.89. The van der Waals surface area contributed by atoms with Crippen LogP contribution in [0.25, 0.3) is 0 Å². The van der Waals surface area contributed by atoms with E-state index < -0.39 is 0 Å². The molecule has 4 heteroatoms. The summed E-state index contributed by atoms with van der Waals surface area (Å²) in [5.41, 5.74) is -0.00693. The lowest BCUT2D eigenvalue weighted by Gasteiger charge is -2.42. The van der Waals surface area contributed by atoms with E-state index in [1.165, 1.54) is 0 Å². The van der Waals surface area contributed by atoms with Crippen LogP contribution < -0.4 is 0 Å². The van der Waals surface area contributed by atoms with Gasteiger partial charge in [-0.2, -0.15) is 0 Å². The van der Waals surface area contributed by atoms with Crippen molar-refractivity contribution < 1.29 is 15.3 Å². The van der Waals surface area contributed by atoms with E-state index in [1.807, 2.05) is 4.90 Å². The van der Waals surface area contributed by atoms with E-state index in [0.29, 0.717) is 13.1 Å². The van der Waals surface area contributed by atoms with Gasteiger partial charge in [0.15, 0.2) is 0 Å². The lowest BCUT2D eigenvalue weighted by molar-refractivity contribution is -0.0449. The summed E-state index contributed by atoms with van der Waals surface area (Å²) >= 11 is 0. The molecule has 1 aliphatic carbocycles. The van der Waals surface area contributed by atoms with Gasteiger partial charge in [0.2, 0.25) is 0 Å². The zero-order valence-corrected chi connectivity index (χ0v) is 11.1. The molecule has 2 atom stereocenters. The van der Waals surface area contributed by atoms with Crippen molar-refractivity contribution in [2.45, 2.75) is 39.2 Å². The van der Waals surface area contributed by atoms with Gasteiger partial charge in [-0.1, -0.05) is 20.3 Å². The number of rotatable bonds is 6. The fourth-order valence-electron chi connectivity index (χ4n) is 2.86. The molecule has 102 valence electrons. The van der Waals surface area contributed by atoms with Crippen molar-refractivity contribution in [3.8, 4) is 0 Å². The van der Waals surface area contributed by atoms with Gasteiger partial charge >= 0.3 is 0 Å². The zero-order valence-electron chi connectivity index (χ0n) is 11.1. The van der Waals surface area contributed by atoms with E-state index in [9.17, 15) is 5.11 Å². The van der Waals surface area contributed by atoms with Gasteiger partial charge in [-0.3, -0.25) is 4.90 Å². The van der Waals surface area contributed by atoms with Gasteiger partial charge in [0.05, 0.1) is 19.3 Å². The van der Waals surface area contributed by atoms with Gasteiger partial charge < -0.3 is 15.3 Å². The van der Waals surface area contributed by atoms with Crippen molar-refractivity contribution in [3.05, 3.63) is 0 Å². The molecule has 0 aromatic heterocycles. The Labute approximate surface area is 104 Å². The lowest BCUT2D eigenvalue weighted by atomic mass is 9.69. The van der Waals surface area contributed by atoms with E-state index in [2.05, 4.69) is 13.8 Å². The molecular formula is C13H27NO3. The van der Waals surface area contributed by atoms with Gasteiger partial charge in [0.1, 0.15) is 0 Å². The maximum atomic E-state index is 10.3. The Morgan fingerprint density at radius 2 is 1.76 bits per heavy atom. The summed E-state index contributed by atoms with van der Waals surface area (Å²) in [6.45, 7) is 6.36. The standard InChI is InChI=1S/C13H27NO3/c1-13(2)5-3-4-11(12(13)17)10-14(6-8-15)7-9-16/h11-12,15-17H,3-10H2,1-2H3. The minimum atomic E-state index is -0.281. The normalized spacial score (nSPS) is 28.6. The van der Waals surface area contributed by atoms with E-state index >= 15 is 0 Å². The summed E-state index contributed by atoms with van der Waals surface area (Å²) in [6.07, 6.45) is 2.99. The fraction of sp³-hybridized carbons (Fsp3) is 1.00. The van der Waals surface area contributed by atoms with Crippen molar-refractivity contribution in [1.29, 1.82) is 0 Å². The molecular weight excluding hydrogens is 218 g/mol. The maximum absolute atomic E-state index is 10.3. The highest BCUT2D eigenvalue weighted by Crippen LogP contribution is 2.39. The number of hydrogen-bond donors (Lipinski definition) is 3. The smallest absolute Gasteiger partial charge is 0.0631 e. The minimum Gasteiger partial charge on any atom is -0.395 e. The molecule has 0 radical (unpaired) electrons. The van der Waals surface area contributed by atoms with E-state index in [0.717, 1.165) is 25.8 Å². The molecule has 0 spiro atoms. The average molecular weight is 245 g/mol. The molecule has 0 aromatic carbocycles. The Morgan fingerprint density at radius 3 is 2.29 bits per heavy atom. The van der Waals surface area contributed by atoms with Crippen molar-refractivity contribution >= 4 is 0 Å². The van der Waals surface area contributed by atoms with Crippen LogP contribution in [0.15, 0.2) is 0 Å². The lowest BCUT2D eigenvalue weighted by Crippen LogP contribution is -2.46. The SMILES string of the molecule is CC1(C)CCCC(CN(CCO)CCO)C1O. The number of nitrogens with zero attached hydrogens (tertiary/aromatic N) is 1. The van der Waals surface area contributed by atoms with Gasteiger partial charge in [-0.05, 0) is 24.2 Å². The van der Waals surface area contributed by atoms with Crippen LogP contribution in [0.3, 0.4) is 0 Å². The largest absolute Gasteiger partial charge is 0.395 e.